The van der Waals surface area contributed by atoms with Crippen LogP contribution in [0.3, 0.4) is 0 Å². The summed E-state index contributed by atoms with van der Waals surface area (Å²) in [6.07, 6.45) is 0. The van der Waals surface area contributed by atoms with Crippen LogP contribution in [0.15, 0.2) is 24.3 Å². The van der Waals surface area contributed by atoms with E-state index in [9.17, 15) is 0 Å². The number of aryl methyl sites for hydroxylation is 1. The lowest BCUT2D eigenvalue weighted by molar-refractivity contribution is 0.290. The molecule has 0 spiro atoms. The van der Waals surface area contributed by atoms with E-state index in [0.29, 0.717) is 24.1 Å². The Bertz CT molecular complexity index is 568. The lowest BCUT2D eigenvalue weighted by Crippen LogP contribution is -2.05. The summed E-state index contributed by atoms with van der Waals surface area (Å²) in [6, 6.07) is 7.69. The van der Waals surface area contributed by atoms with E-state index in [1.165, 1.54) is 0 Å². The third-order valence-electron chi connectivity index (χ3n) is 2.79. The van der Waals surface area contributed by atoms with Gasteiger partial charge in [-0.25, -0.2) is 4.98 Å². The quantitative estimate of drug-likeness (QED) is 0.912. The molecule has 100 valence electrons. The average molecular weight is 259 g/mol. The van der Waals surface area contributed by atoms with Gasteiger partial charge < -0.3 is 15.2 Å². The van der Waals surface area contributed by atoms with Gasteiger partial charge in [0.25, 0.3) is 0 Å². The highest BCUT2D eigenvalue weighted by Gasteiger charge is 2.08. The highest BCUT2D eigenvalue weighted by Crippen LogP contribution is 2.21. The van der Waals surface area contributed by atoms with Gasteiger partial charge in [-0.3, -0.25) is 0 Å². The van der Waals surface area contributed by atoms with Crippen molar-refractivity contribution in [3.63, 3.8) is 0 Å². The Morgan fingerprint density at radius 1 is 1.11 bits per heavy atom. The Morgan fingerprint density at radius 2 is 1.79 bits per heavy atom. The molecular weight excluding hydrogens is 242 g/mol. The number of ether oxygens (including phenoxy) is 2. The molecule has 1 heterocycles. The van der Waals surface area contributed by atoms with Crippen LogP contribution in [0.5, 0.6) is 11.6 Å². The van der Waals surface area contributed by atoms with Gasteiger partial charge in [0.15, 0.2) is 0 Å². The van der Waals surface area contributed by atoms with Crippen LogP contribution in [-0.4, -0.2) is 17.1 Å². The van der Waals surface area contributed by atoms with E-state index in [4.69, 9.17) is 15.2 Å². The first-order valence-corrected chi connectivity index (χ1v) is 5.96. The second-order valence-corrected chi connectivity index (χ2v) is 4.22. The van der Waals surface area contributed by atoms with Crippen LogP contribution in [0, 0.1) is 13.8 Å². The van der Waals surface area contributed by atoms with Gasteiger partial charge in [0.2, 0.25) is 5.88 Å². The maximum Gasteiger partial charge on any atom is 0.222 e. The molecular formula is C14H17N3O2. The van der Waals surface area contributed by atoms with E-state index in [0.717, 1.165) is 16.9 Å². The second-order valence-electron chi connectivity index (χ2n) is 4.22. The minimum atomic E-state index is 0.431. The summed E-state index contributed by atoms with van der Waals surface area (Å²) in [5, 5.41) is 0. The zero-order chi connectivity index (χ0) is 13.8. The summed E-state index contributed by atoms with van der Waals surface area (Å²) in [6.45, 7) is 4.06. The standard InChI is InChI=1S/C14H17N3O2/c1-9-13(15)16-10(2)17-14(9)19-8-11-4-6-12(18-3)7-5-11/h4-7H,8H2,1-3H3,(H2,15,16,17). The highest BCUT2D eigenvalue weighted by atomic mass is 16.5. The van der Waals surface area contributed by atoms with E-state index in [1.807, 2.05) is 31.2 Å². The fraction of sp³-hybridized carbons (Fsp3) is 0.286. The zero-order valence-electron chi connectivity index (χ0n) is 11.3. The van der Waals surface area contributed by atoms with Gasteiger partial charge in [-0.1, -0.05) is 12.1 Å². The molecule has 0 atom stereocenters. The van der Waals surface area contributed by atoms with Crippen molar-refractivity contribution in [2.75, 3.05) is 12.8 Å². The summed E-state index contributed by atoms with van der Waals surface area (Å²) in [7, 11) is 1.64. The predicted molar refractivity (Wildman–Crippen MR) is 73.2 cm³/mol. The average Bonchev–Trinajstić information content (AvgIpc) is 2.41. The SMILES string of the molecule is COc1ccc(COc2nc(C)nc(N)c2C)cc1. The number of hydrogen-bond donors (Lipinski definition) is 1. The lowest BCUT2D eigenvalue weighted by Gasteiger charge is -2.10. The Labute approximate surface area is 112 Å². The van der Waals surface area contributed by atoms with E-state index in [-0.39, 0.29) is 0 Å². The fourth-order valence-electron chi connectivity index (χ4n) is 1.64. The highest BCUT2D eigenvalue weighted by molar-refractivity contribution is 5.44. The Balaban J connectivity index is 2.09. The summed E-state index contributed by atoms with van der Waals surface area (Å²) < 4.78 is 10.8. The number of nitrogen functional groups attached to an aromatic ring is 1. The minimum absolute atomic E-state index is 0.431. The number of hydrogen-bond acceptors (Lipinski definition) is 5. The van der Waals surface area contributed by atoms with Crippen LogP contribution in [0.25, 0.3) is 0 Å². The van der Waals surface area contributed by atoms with Crippen LogP contribution in [-0.2, 0) is 6.61 Å². The number of aromatic nitrogens is 2. The molecule has 5 heteroatoms. The molecule has 0 saturated carbocycles. The van der Waals surface area contributed by atoms with E-state index in [1.54, 1.807) is 14.0 Å². The number of nitrogens with two attached hydrogens (primary N) is 1. The van der Waals surface area contributed by atoms with Gasteiger partial charge in [0.05, 0.1) is 12.7 Å². The number of methoxy groups -OCH3 is 1. The van der Waals surface area contributed by atoms with E-state index in [2.05, 4.69) is 9.97 Å². The summed E-state index contributed by atoms with van der Waals surface area (Å²) in [5.41, 5.74) is 7.58. The van der Waals surface area contributed by atoms with E-state index >= 15 is 0 Å². The van der Waals surface area contributed by atoms with Crippen molar-refractivity contribution in [3.05, 3.63) is 41.2 Å². The molecule has 0 amide bonds. The van der Waals surface area contributed by atoms with Crippen LogP contribution in [0.1, 0.15) is 17.0 Å². The molecule has 0 radical (unpaired) electrons. The molecule has 0 aliphatic carbocycles. The third-order valence-corrected chi connectivity index (χ3v) is 2.79. The van der Waals surface area contributed by atoms with Gasteiger partial charge in [-0.05, 0) is 31.5 Å². The Kier molecular flexibility index (Phi) is 3.85. The molecule has 2 aromatic rings. The number of benzene rings is 1. The van der Waals surface area contributed by atoms with Gasteiger partial charge in [-0.15, -0.1) is 0 Å². The van der Waals surface area contributed by atoms with Crippen molar-refractivity contribution >= 4 is 5.82 Å². The summed E-state index contributed by atoms with van der Waals surface area (Å²) >= 11 is 0. The number of rotatable bonds is 4. The minimum Gasteiger partial charge on any atom is -0.497 e. The molecule has 5 nitrogen and oxygen atoms in total. The molecule has 0 unspecified atom stereocenters. The van der Waals surface area contributed by atoms with Gasteiger partial charge in [0.1, 0.15) is 24.0 Å². The van der Waals surface area contributed by atoms with Crippen molar-refractivity contribution in [2.45, 2.75) is 20.5 Å². The normalized spacial score (nSPS) is 10.3. The predicted octanol–water partition coefficient (Wildman–Crippen LogP) is 2.26. The number of nitrogens with zero attached hydrogens (tertiary/aromatic N) is 2. The molecule has 0 saturated heterocycles. The second kappa shape index (κ2) is 5.56. The van der Waals surface area contributed by atoms with Gasteiger partial charge in [0, 0.05) is 0 Å². The molecule has 1 aromatic carbocycles. The molecule has 0 aliphatic heterocycles. The lowest BCUT2D eigenvalue weighted by atomic mass is 10.2. The Morgan fingerprint density at radius 3 is 2.42 bits per heavy atom. The first-order chi connectivity index (χ1) is 9.10. The van der Waals surface area contributed by atoms with E-state index < -0.39 is 0 Å². The molecule has 2 rings (SSSR count). The first-order valence-electron chi connectivity index (χ1n) is 5.96. The van der Waals surface area contributed by atoms with Crippen LogP contribution in [0.2, 0.25) is 0 Å². The van der Waals surface area contributed by atoms with Crippen molar-refractivity contribution in [3.8, 4) is 11.6 Å². The summed E-state index contributed by atoms with van der Waals surface area (Å²) in [4.78, 5) is 8.33. The molecule has 1 aromatic heterocycles. The topological polar surface area (TPSA) is 70.3 Å². The fourth-order valence-corrected chi connectivity index (χ4v) is 1.64. The number of anilines is 1. The van der Waals surface area contributed by atoms with Crippen LogP contribution in [0.4, 0.5) is 5.82 Å². The smallest absolute Gasteiger partial charge is 0.222 e. The molecule has 0 bridgehead atoms. The molecule has 0 aliphatic rings. The largest absolute Gasteiger partial charge is 0.497 e. The third kappa shape index (κ3) is 3.13. The van der Waals surface area contributed by atoms with Crippen molar-refractivity contribution in [1.82, 2.24) is 9.97 Å². The maximum absolute atomic E-state index is 5.78. The van der Waals surface area contributed by atoms with Crippen molar-refractivity contribution < 1.29 is 9.47 Å². The zero-order valence-corrected chi connectivity index (χ0v) is 11.3. The van der Waals surface area contributed by atoms with Gasteiger partial charge in [-0.2, -0.15) is 4.98 Å². The Hall–Kier alpha value is -2.30. The van der Waals surface area contributed by atoms with Crippen molar-refractivity contribution in [1.29, 1.82) is 0 Å². The molecule has 19 heavy (non-hydrogen) atoms. The molecule has 2 N–H and O–H groups in total. The van der Waals surface area contributed by atoms with Gasteiger partial charge >= 0.3 is 0 Å². The molecule has 0 fully saturated rings. The van der Waals surface area contributed by atoms with Crippen molar-refractivity contribution in [2.24, 2.45) is 0 Å². The summed E-state index contributed by atoms with van der Waals surface area (Å²) in [5.74, 6) is 2.41. The monoisotopic (exact) mass is 259 g/mol. The maximum atomic E-state index is 5.78. The van der Waals surface area contributed by atoms with Crippen LogP contribution >= 0.6 is 0 Å². The van der Waals surface area contributed by atoms with Crippen LogP contribution < -0.4 is 15.2 Å². The first kappa shape index (κ1) is 13.1.